The average molecular weight is 368 g/mol. The van der Waals surface area contributed by atoms with E-state index in [2.05, 4.69) is 10.6 Å². The van der Waals surface area contributed by atoms with Crippen LogP contribution in [-0.4, -0.2) is 43.5 Å². The molecule has 144 valence electrons. The monoisotopic (exact) mass is 368 g/mol. The molecular weight excluding hydrogens is 340 g/mol. The van der Waals surface area contributed by atoms with Crippen molar-refractivity contribution < 1.29 is 9.53 Å². The number of para-hydroxylation sites is 1. The van der Waals surface area contributed by atoms with Crippen LogP contribution in [0.25, 0.3) is 0 Å². The molecule has 2 aromatic rings. The minimum Gasteiger partial charge on any atom is -0.492 e. The van der Waals surface area contributed by atoms with E-state index in [0.29, 0.717) is 19.7 Å². The molecule has 0 saturated heterocycles. The quantitative estimate of drug-likeness (QED) is 0.555. The number of ether oxygens (including phenoxy) is 1. The Hall–Kier alpha value is -3.02. The van der Waals surface area contributed by atoms with Crippen LogP contribution < -0.4 is 15.4 Å². The lowest BCUT2D eigenvalue weighted by Crippen LogP contribution is -2.40. The molecule has 0 aliphatic rings. The lowest BCUT2D eigenvalue weighted by Gasteiger charge is -2.22. The number of likely N-dealkylation sites (N-methyl/N-ethyl adjacent to an activating group) is 1. The zero-order chi connectivity index (χ0) is 19.5. The summed E-state index contributed by atoms with van der Waals surface area (Å²) in [6, 6.07) is 17.5. The van der Waals surface area contributed by atoms with E-state index in [4.69, 9.17) is 9.73 Å². The van der Waals surface area contributed by atoms with E-state index in [0.717, 1.165) is 29.5 Å². The van der Waals surface area contributed by atoms with Crippen LogP contribution in [0, 0.1) is 0 Å². The van der Waals surface area contributed by atoms with Crippen LogP contribution in [0.1, 0.15) is 19.4 Å². The number of benzene rings is 2. The summed E-state index contributed by atoms with van der Waals surface area (Å²) in [6.45, 7) is 6.14. The van der Waals surface area contributed by atoms with Gasteiger partial charge in [-0.3, -0.25) is 4.79 Å². The minimum atomic E-state index is -0.0814. The fourth-order valence-corrected chi connectivity index (χ4v) is 2.51. The predicted octanol–water partition coefficient (Wildman–Crippen LogP) is 3.12. The number of nitrogens with one attached hydrogen (secondary N) is 2. The molecular formula is C21H28N4O2. The van der Waals surface area contributed by atoms with E-state index >= 15 is 0 Å². The Labute approximate surface area is 161 Å². The highest BCUT2D eigenvalue weighted by Gasteiger charge is 2.06. The highest BCUT2D eigenvalue weighted by Crippen LogP contribution is 2.12. The van der Waals surface area contributed by atoms with Gasteiger partial charge in [-0.25, -0.2) is 4.99 Å². The third-order valence-electron chi connectivity index (χ3n) is 3.79. The zero-order valence-corrected chi connectivity index (χ0v) is 16.2. The molecule has 0 heterocycles. The molecule has 0 atom stereocenters. The summed E-state index contributed by atoms with van der Waals surface area (Å²) >= 11 is 0. The number of guanidine groups is 1. The Balaban J connectivity index is 1.93. The molecule has 6 heteroatoms. The molecule has 27 heavy (non-hydrogen) atoms. The first kappa shape index (κ1) is 20.3. The van der Waals surface area contributed by atoms with Gasteiger partial charge >= 0.3 is 0 Å². The van der Waals surface area contributed by atoms with Crippen molar-refractivity contribution in [3.05, 3.63) is 60.2 Å². The summed E-state index contributed by atoms with van der Waals surface area (Å²) in [5.41, 5.74) is 1.82. The van der Waals surface area contributed by atoms with Crippen molar-refractivity contribution in [3.8, 4) is 5.75 Å². The van der Waals surface area contributed by atoms with Crippen LogP contribution in [0.4, 0.5) is 5.69 Å². The molecule has 2 rings (SSSR count). The molecule has 1 amide bonds. The maximum Gasteiger partial charge on any atom is 0.221 e. The molecule has 0 spiro atoms. The standard InChI is InChI=1S/C21H28N4O2/c1-4-22-21(25(3)13-14-27-20-11-6-5-7-12-20)23-16-18-9-8-10-19(15-18)24-17(2)26/h5-12,15H,4,13-14,16H2,1-3H3,(H,22,23)(H,24,26). The summed E-state index contributed by atoms with van der Waals surface area (Å²) in [5, 5.41) is 6.09. The molecule has 0 aliphatic heterocycles. The van der Waals surface area contributed by atoms with E-state index < -0.39 is 0 Å². The maximum absolute atomic E-state index is 11.2. The maximum atomic E-state index is 11.2. The molecule has 0 radical (unpaired) electrons. The van der Waals surface area contributed by atoms with Gasteiger partial charge in [0.1, 0.15) is 12.4 Å². The topological polar surface area (TPSA) is 66.0 Å². The van der Waals surface area contributed by atoms with E-state index in [1.165, 1.54) is 6.92 Å². The van der Waals surface area contributed by atoms with Gasteiger partial charge in [-0.15, -0.1) is 0 Å². The van der Waals surface area contributed by atoms with Crippen molar-refractivity contribution in [1.82, 2.24) is 10.2 Å². The molecule has 0 aliphatic carbocycles. The second kappa shape index (κ2) is 10.9. The van der Waals surface area contributed by atoms with Crippen molar-refractivity contribution in [2.75, 3.05) is 32.1 Å². The van der Waals surface area contributed by atoms with E-state index in [9.17, 15) is 4.79 Å². The number of hydrogen-bond acceptors (Lipinski definition) is 3. The van der Waals surface area contributed by atoms with Crippen LogP contribution in [-0.2, 0) is 11.3 Å². The summed E-state index contributed by atoms with van der Waals surface area (Å²) in [6.07, 6.45) is 0. The molecule has 2 N–H and O–H groups in total. The minimum absolute atomic E-state index is 0.0814. The smallest absolute Gasteiger partial charge is 0.221 e. The molecule has 0 aromatic heterocycles. The summed E-state index contributed by atoms with van der Waals surface area (Å²) in [4.78, 5) is 17.9. The number of hydrogen-bond donors (Lipinski definition) is 2. The van der Waals surface area contributed by atoms with E-state index in [1.807, 2.05) is 73.5 Å². The van der Waals surface area contributed by atoms with Crippen molar-refractivity contribution >= 4 is 17.6 Å². The number of anilines is 1. The zero-order valence-electron chi connectivity index (χ0n) is 16.2. The van der Waals surface area contributed by atoms with Gasteiger partial charge in [0, 0.05) is 26.2 Å². The van der Waals surface area contributed by atoms with Gasteiger partial charge < -0.3 is 20.3 Å². The number of carbonyl (C=O) groups is 1. The lowest BCUT2D eigenvalue weighted by atomic mass is 10.2. The van der Waals surface area contributed by atoms with Crippen LogP contribution in [0.15, 0.2) is 59.6 Å². The Morgan fingerprint density at radius 1 is 1.15 bits per heavy atom. The van der Waals surface area contributed by atoms with Gasteiger partial charge in [-0.1, -0.05) is 30.3 Å². The predicted molar refractivity (Wildman–Crippen MR) is 110 cm³/mol. The van der Waals surface area contributed by atoms with Crippen LogP contribution >= 0.6 is 0 Å². The van der Waals surface area contributed by atoms with Gasteiger partial charge in [-0.05, 0) is 36.8 Å². The molecule has 6 nitrogen and oxygen atoms in total. The largest absolute Gasteiger partial charge is 0.492 e. The highest BCUT2D eigenvalue weighted by atomic mass is 16.5. The van der Waals surface area contributed by atoms with Crippen molar-refractivity contribution in [2.24, 2.45) is 4.99 Å². The molecule has 0 saturated carbocycles. The SMILES string of the molecule is CCNC(=NCc1cccc(NC(C)=O)c1)N(C)CCOc1ccccc1. The van der Waals surface area contributed by atoms with Crippen LogP contribution in [0.2, 0.25) is 0 Å². The van der Waals surface area contributed by atoms with Crippen LogP contribution in [0.3, 0.4) is 0 Å². The number of amides is 1. The third-order valence-corrected chi connectivity index (χ3v) is 3.79. The van der Waals surface area contributed by atoms with E-state index in [-0.39, 0.29) is 5.91 Å². The second-order valence-corrected chi connectivity index (χ2v) is 6.13. The summed E-state index contributed by atoms with van der Waals surface area (Å²) < 4.78 is 5.76. The number of rotatable bonds is 8. The third kappa shape index (κ3) is 7.40. The normalized spacial score (nSPS) is 11.0. The molecule has 2 aromatic carbocycles. The molecule has 0 bridgehead atoms. The highest BCUT2D eigenvalue weighted by molar-refractivity contribution is 5.88. The van der Waals surface area contributed by atoms with Gasteiger partial charge in [0.05, 0.1) is 13.1 Å². The first-order chi connectivity index (χ1) is 13.1. The van der Waals surface area contributed by atoms with E-state index in [1.54, 1.807) is 0 Å². The lowest BCUT2D eigenvalue weighted by molar-refractivity contribution is -0.114. The van der Waals surface area contributed by atoms with Crippen LogP contribution in [0.5, 0.6) is 5.75 Å². The Kier molecular flexibility index (Phi) is 8.16. The average Bonchev–Trinajstić information content (AvgIpc) is 2.65. The Bertz CT molecular complexity index is 747. The first-order valence-corrected chi connectivity index (χ1v) is 9.12. The Morgan fingerprint density at radius 2 is 1.93 bits per heavy atom. The fraction of sp³-hybridized carbons (Fsp3) is 0.333. The van der Waals surface area contributed by atoms with Crippen molar-refractivity contribution in [3.63, 3.8) is 0 Å². The van der Waals surface area contributed by atoms with Gasteiger partial charge in [-0.2, -0.15) is 0 Å². The summed E-state index contributed by atoms with van der Waals surface area (Å²) in [7, 11) is 1.99. The van der Waals surface area contributed by atoms with Gasteiger partial charge in [0.15, 0.2) is 5.96 Å². The second-order valence-electron chi connectivity index (χ2n) is 6.13. The first-order valence-electron chi connectivity index (χ1n) is 9.12. The van der Waals surface area contributed by atoms with Gasteiger partial charge in [0.25, 0.3) is 0 Å². The van der Waals surface area contributed by atoms with Gasteiger partial charge in [0.2, 0.25) is 5.91 Å². The number of nitrogens with zero attached hydrogens (tertiary/aromatic N) is 2. The number of aliphatic imine (C=N–C) groups is 1. The van der Waals surface area contributed by atoms with Crippen molar-refractivity contribution in [2.45, 2.75) is 20.4 Å². The fourth-order valence-electron chi connectivity index (χ4n) is 2.51. The molecule has 0 fully saturated rings. The summed E-state index contributed by atoms with van der Waals surface area (Å²) in [5.74, 6) is 1.60. The number of carbonyl (C=O) groups excluding carboxylic acids is 1. The Morgan fingerprint density at radius 3 is 2.63 bits per heavy atom. The van der Waals surface area contributed by atoms with Crippen molar-refractivity contribution in [1.29, 1.82) is 0 Å². The molecule has 0 unspecified atom stereocenters.